The maximum absolute atomic E-state index is 13.3. The van der Waals surface area contributed by atoms with Gasteiger partial charge in [-0.15, -0.1) is 0 Å². The molecule has 1 fully saturated rings. The standard InChI is InChI=1S/C19H20F2N2/c1-2-3-13-4-6-14(7-5-13)16-11-22-19(23-12-16)15-8-9-17(20)18(21)10-15/h2-3,8-14H,4-7H2,1H3. The Morgan fingerprint density at radius 2 is 1.70 bits per heavy atom. The van der Waals surface area contributed by atoms with Crippen LogP contribution in [0.15, 0.2) is 42.7 Å². The maximum Gasteiger partial charge on any atom is 0.159 e. The highest BCUT2D eigenvalue weighted by molar-refractivity contribution is 5.54. The number of hydrogen-bond donors (Lipinski definition) is 0. The zero-order valence-electron chi connectivity index (χ0n) is 13.2. The average Bonchev–Trinajstić information content (AvgIpc) is 2.59. The van der Waals surface area contributed by atoms with E-state index < -0.39 is 11.6 Å². The van der Waals surface area contributed by atoms with Crippen LogP contribution < -0.4 is 0 Å². The van der Waals surface area contributed by atoms with Crippen molar-refractivity contribution in [1.29, 1.82) is 0 Å². The van der Waals surface area contributed by atoms with E-state index in [0.29, 0.717) is 23.2 Å². The van der Waals surface area contributed by atoms with Gasteiger partial charge in [0, 0.05) is 18.0 Å². The second kappa shape index (κ2) is 6.99. The van der Waals surface area contributed by atoms with Gasteiger partial charge in [-0.3, -0.25) is 0 Å². The zero-order chi connectivity index (χ0) is 16.2. The van der Waals surface area contributed by atoms with Gasteiger partial charge in [-0.1, -0.05) is 12.2 Å². The molecule has 1 aromatic heterocycles. The highest BCUT2D eigenvalue weighted by atomic mass is 19.2. The molecule has 0 spiro atoms. The van der Waals surface area contributed by atoms with Crippen LogP contribution in [-0.2, 0) is 0 Å². The van der Waals surface area contributed by atoms with Gasteiger partial charge in [-0.2, -0.15) is 0 Å². The molecule has 0 radical (unpaired) electrons. The van der Waals surface area contributed by atoms with Crippen molar-refractivity contribution in [3.63, 3.8) is 0 Å². The number of benzene rings is 1. The van der Waals surface area contributed by atoms with Crippen molar-refractivity contribution in [3.8, 4) is 11.4 Å². The zero-order valence-corrected chi connectivity index (χ0v) is 13.2. The Morgan fingerprint density at radius 3 is 2.30 bits per heavy atom. The molecule has 2 nitrogen and oxygen atoms in total. The van der Waals surface area contributed by atoms with Gasteiger partial charge in [0.05, 0.1) is 0 Å². The third-order valence-corrected chi connectivity index (χ3v) is 4.56. The molecule has 0 amide bonds. The summed E-state index contributed by atoms with van der Waals surface area (Å²) in [6.07, 6.45) is 12.7. The van der Waals surface area contributed by atoms with Gasteiger partial charge >= 0.3 is 0 Å². The van der Waals surface area contributed by atoms with Gasteiger partial charge in [-0.05, 0) is 68.2 Å². The van der Waals surface area contributed by atoms with Crippen LogP contribution in [0.5, 0.6) is 0 Å². The third kappa shape index (κ3) is 3.63. The molecule has 1 aliphatic rings. The third-order valence-electron chi connectivity index (χ3n) is 4.56. The normalized spacial score (nSPS) is 21.7. The highest BCUT2D eigenvalue weighted by Crippen LogP contribution is 2.36. The molecule has 0 bridgehead atoms. The molecule has 3 rings (SSSR count). The molecule has 0 N–H and O–H groups in total. The van der Waals surface area contributed by atoms with E-state index >= 15 is 0 Å². The van der Waals surface area contributed by atoms with Gasteiger partial charge in [0.2, 0.25) is 0 Å². The summed E-state index contributed by atoms with van der Waals surface area (Å²) in [5, 5.41) is 0. The number of nitrogens with zero attached hydrogens (tertiary/aromatic N) is 2. The average molecular weight is 314 g/mol. The summed E-state index contributed by atoms with van der Waals surface area (Å²) in [4.78, 5) is 8.67. The van der Waals surface area contributed by atoms with Crippen LogP contribution in [0.3, 0.4) is 0 Å². The maximum atomic E-state index is 13.3. The Bertz CT molecular complexity index is 687. The lowest BCUT2D eigenvalue weighted by Gasteiger charge is -2.26. The summed E-state index contributed by atoms with van der Waals surface area (Å²) in [7, 11) is 0. The smallest absolute Gasteiger partial charge is 0.159 e. The van der Waals surface area contributed by atoms with Gasteiger partial charge < -0.3 is 0 Å². The minimum atomic E-state index is -0.877. The van der Waals surface area contributed by atoms with E-state index in [1.165, 1.54) is 18.9 Å². The molecule has 1 heterocycles. The number of aromatic nitrogens is 2. The summed E-state index contributed by atoms with van der Waals surface area (Å²) in [6, 6.07) is 3.73. The number of hydrogen-bond acceptors (Lipinski definition) is 2. The van der Waals surface area contributed by atoms with Crippen molar-refractivity contribution in [2.45, 2.75) is 38.5 Å². The van der Waals surface area contributed by atoms with E-state index in [0.717, 1.165) is 30.5 Å². The minimum Gasteiger partial charge on any atom is -0.236 e. The predicted octanol–water partition coefficient (Wildman–Crippen LogP) is 5.27. The SMILES string of the molecule is CC=CC1CCC(c2cnc(-c3ccc(F)c(F)c3)nc2)CC1. The van der Waals surface area contributed by atoms with E-state index in [1.54, 1.807) is 0 Å². The lowest BCUT2D eigenvalue weighted by molar-refractivity contribution is 0.375. The molecule has 1 saturated carbocycles. The first kappa shape index (κ1) is 15.8. The molecule has 4 heteroatoms. The Balaban J connectivity index is 1.71. The second-order valence-electron chi connectivity index (χ2n) is 6.11. The summed E-state index contributed by atoms with van der Waals surface area (Å²) in [5.74, 6) is -0.120. The van der Waals surface area contributed by atoms with E-state index in [1.807, 2.05) is 12.4 Å². The summed E-state index contributed by atoms with van der Waals surface area (Å²) in [5.41, 5.74) is 1.63. The van der Waals surface area contributed by atoms with Crippen LogP contribution in [0.4, 0.5) is 8.78 Å². The molecule has 2 aromatic rings. The number of halogens is 2. The monoisotopic (exact) mass is 314 g/mol. The van der Waals surface area contributed by atoms with Crippen LogP contribution in [0.25, 0.3) is 11.4 Å². The first-order valence-corrected chi connectivity index (χ1v) is 8.07. The molecular formula is C19H20F2N2. The molecule has 120 valence electrons. The molecular weight excluding hydrogens is 294 g/mol. The van der Waals surface area contributed by atoms with Gasteiger partial charge in [0.1, 0.15) is 0 Å². The first-order valence-electron chi connectivity index (χ1n) is 8.07. The van der Waals surface area contributed by atoms with Crippen molar-refractivity contribution in [2.24, 2.45) is 5.92 Å². The van der Waals surface area contributed by atoms with E-state index in [2.05, 4.69) is 29.0 Å². The Kier molecular flexibility index (Phi) is 4.79. The van der Waals surface area contributed by atoms with E-state index in [-0.39, 0.29) is 0 Å². The fraction of sp³-hybridized carbons (Fsp3) is 0.368. The largest absolute Gasteiger partial charge is 0.236 e. The van der Waals surface area contributed by atoms with Crippen molar-refractivity contribution in [3.05, 3.63) is 59.9 Å². The number of allylic oxidation sites excluding steroid dienone is 2. The molecule has 0 atom stereocenters. The van der Waals surface area contributed by atoms with Gasteiger partial charge in [0.25, 0.3) is 0 Å². The molecule has 0 saturated heterocycles. The molecule has 1 aromatic carbocycles. The van der Waals surface area contributed by atoms with Crippen LogP contribution in [0.2, 0.25) is 0 Å². The van der Waals surface area contributed by atoms with Crippen molar-refractivity contribution >= 4 is 0 Å². The van der Waals surface area contributed by atoms with E-state index in [4.69, 9.17) is 0 Å². The van der Waals surface area contributed by atoms with Gasteiger partial charge in [-0.25, -0.2) is 18.7 Å². The van der Waals surface area contributed by atoms with Crippen LogP contribution in [0.1, 0.15) is 44.1 Å². The molecule has 23 heavy (non-hydrogen) atoms. The second-order valence-corrected chi connectivity index (χ2v) is 6.11. The fourth-order valence-electron chi connectivity index (χ4n) is 3.25. The quantitative estimate of drug-likeness (QED) is 0.721. The summed E-state index contributed by atoms with van der Waals surface area (Å²) >= 11 is 0. The van der Waals surface area contributed by atoms with Crippen molar-refractivity contribution < 1.29 is 8.78 Å². The first-order chi connectivity index (χ1) is 11.2. The molecule has 1 aliphatic carbocycles. The predicted molar refractivity (Wildman–Crippen MR) is 86.9 cm³/mol. The Morgan fingerprint density at radius 1 is 1.00 bits per heavy atom. The van der Waals surface area contributed by atoms with Crippen LogP contribution in [-0.4, -0.2) is 9.97 Å². The fourth-order valence-corrected chi connectivity index (χ4v) is 3.25. The number of rotatable bonds is 3. The molecule has 0 aliphatic heterocycles. The lowest BCUT2D eigenvalue weighted by Crippen LogP contribution is -2.12. The molecule has 0 unspecified atom stereocenters. The lowest BCUT2D eigenvalue weighted by atomic mass is 9.79. The Labute approximate surface area is 135 Å². The highest BCUT2D eigenvalue weighted by Gasteiger charge is 2.21. The summed E-state index contributed by atoms with van der Waals surface area (Å²) < 4.78 is 26.3. The Hall–Kier alpha value is -2.10. The minimum absolute atomic E-state index is 0.426. The van der Waals surface area contributed by atoms with Gasteiger partial charge in [0.15, 0.2) is 17.5 Å². The van der Waals surface area contributed by atoms with Crippen LogP contribution in [0, 0.1) is 17.6 Å². The van der Waals surface area contributed by atoms with Crippen molar-refractivity contribution in [2.75, 3.05) is 0 Å². The topological polar surface area (TPSA) is 25.8 Å². The van der Waals surface area contributed by atoms with E-state index in [9.17, 15) is 8.78 Å². The van der Waals surface area contributed by atoms with Crippen LogP contribution >= 0.6 is 0 Å². The van der Waals surface area contributed by atoms with Crippen molar-refractivity contribution in [1.82, 2.24) is 9.97 Å². The summed E-state index contributed by atoms with van der Waals surface area (Å²) in [6.45, 7) is 2.07.